The van der Waals surface area contributed by atoms with Gasteiger partial charge < -0.3 is 5.11 Å². The van der Waals surface area contributed by atoms with Crippen LogP contribution in [0.5, 0.6) is 0 Å². The van der Waals surface area contributed by atoms with Gasteiger partial charge >= 0.3 is 5.97 Å². The van der Waals surface area contributed by atoms with Crippen LogP contribution in [0.25, 0.3) is 0 Å². The highest BCUT2D eigenvalue weighted by atomic mass is 16.4. The fourth-order valence-corrected chi connectivity index (χ4v) is 4.11. The summed E-state index contributed by atoms with van der Waals surface area (Å²) in [5.74, 6) is -0.845. The number of carbonyl (C=O) groups excluding carboxylic acids is 1. The first-order valence-corrected chi connectivity index (χ1v) is 7.90. The van der Waals surface area contributed by atoms with E-state index in [2.05, 4.69) is 19.9 Å². The van der Waals surface area contributed by atoms with Crippen molar-refractivity contribution >= 4 is 11.8 Å². The van der Waals surface area contributed by atoms with Crippen molar-refractivity contribution in [1.82, 2.24) is 0 Å². The van der Waals surface area contributed by atoms with E-state index in [-0.39, 0.29) is 0 Å². The van der Waals surface area contributed by atoms with E-state index < -0.39 is 17.2 Å². The quantitative estimate of drug-likeness (QED) is 0.625. The number of carboxylic acids is 1. The summed E-state index contributed by atoms with van der Waals surface area (Å²) in [4.78, 5) is 23.5. The Hall–Kier alpha value is -1.12. The monoisotopic (exact) mass is 278 g/mol. The molecule has 0 amide bonds. The molecule has 20 heavy (non-hydrogen) atoms. The van der Waals surface area contributed by atoms with Crippen LogP contribution in [-0.4, -0.2) is 16.9 Å². The molecule has 0 heterocycles. The van der Waals surface area contributed by atoms with Crippen LogP contribution in [0.3, 0.4) is 0 Å². The molecular formula is C17H26O3. The lowest BCUT2D eigenvalue weighted by Gasteiger charge is -2.39. The number of hydrogen-bond acceptors (Lipinski definition) is 2. The molecule has 2 unspecified atom stereocenters. The Bertz CT molecular complexity index is 416. The molecule has 0 radical (unpaired) electrons. The van der Waals surface area contributed by atoms with Crippen LogP contribution in [-0.2, 0) is 9.59 Å². The fraction of sp³-hybridized carbons (Fsp3) is 0.765. The minimum Gasteiger partial charge on any atom is -0.475 e. The first-order valence-electron chi connectivity index (χ1n) is 7.90. The van der Waals surface area contributed by atoms with Gasteiger partial charge in [-0.15, -0.1) is 0 Å². The zero-order valence-electron chi connectivity index (χ0n) is 12.7. The third-order valence-electron chi connectivity index (χ3n) is 5.34. The fourth-order valence-electron chi connectivity index (χ4n) is 4.11. The molecule has 2 rings (SSSR count). The van der Waals surface area contributed by atoms with E-state index >= 15 is 0 Å². The number of rotatable bonds is 4. The maximum Gasteiger partial charge on any atom is 0.372 e. The molecule has 0 saturated heterocycles. The van der Waals surface area contributed by atoms with Gasteiger partial charge in [0.1, 0.15) is 0 Å². The van der Waals surface area contributed by atoms with E-state index in [0.29, 0.717) is 11.8 Å². The van der Waals surface area contributed by atoms with Crippen LogP contribution >= 0.6 is 0 Å². The first-order chi connectivity index (χ1) is 9.44. The molecule has 112 valence electrons. The van der Waals surface area contributed by atoms with Gasteiger partial charge in [0.15, 0.2) is 0 Å². The van der Waals surface area contributed by atoms with Gasteiger partial charge in [-0.2, -0.15) is 0 Å². The van der Waals surface area contributed by atoms with Gasteiger partial charge in [0.2, 0.25) is 5.78 Å². The van der Waals surface area contributed by atoms with Gasteiger partial charge in [-0.1, -0.05) is 37.8 Å². The standard InChI is InChI=1S/C17H26O3/c1-12-6-7-14(13(2)10-12)11-17(15(18)16(19)20)8-4-3-5-9-17/h10,13-14H,3-9,11H2,1-2H3,(H,19,20). The van der Waals surface area contributed by atoms with Gasteiger partial charge in [0, 0.05) is 5.41 Å². The average Bonchev–Trinajstić information content (AvgIpc) is 2.42. The molecule has 1 N–H and O–H groups in total. The van der Waals surface area contributed by atoms with Crippen molar-refractivity contribution in [1.29, 1.82) is 0 Å². The lowest BCUT2D eigenvalue weighted by atomic mass is 9.63. The molecule has 2 aliphatic rings. The summed E-state index contributed by atoms with van der Waals surface area (Å²) < 4.78 is 0. The Kier molecular flexibility index (Phi) is 4.66. The smallest absolute Gasteiger partial charge is 0.372 e. The van der Waals surface area contributed by atoms with Crippen molar-refractivity contribution in [3.05, 3.63) is 11.6 Å². The number of carbonyl (C=O) groups is 2. The molecule has 0 aromatic carbocycles. The lowest BCUT2D eigenvalue weighted by Crippen LogP contribution is -2.41. The Balaban J connectivity index is 2.16. The van der Waals surface area contributed by atoms with Gasteiger partial charge in [0.05, 0.1) is 0 Å². The zero-order chi connectivity index (χ0) is 14.8. The first kappa shape index (κ1) is 15.3. The second kappa shape index (κ2) is 6.11. The number of carboxylic acid groups (broad SMARTS) is 1. The molecule has 2 atom stereocenters. The van der Waals surface area contributed by atoms with Crippen molar-refractivity contribution in [3.63, 3.8) is 0 Å². The molecule has 0 spiro atoms. The summed E-state index contributed by atoms with van der Waals surface area (Å²) in [5.41, 5.74) is 0.846. The maximum atomic E-state index is 12.2. The van der Waals surface area contributed by atoms with E-state index in [0.717, 1.165) is 51.4 Å². The molecule has 0 aromatic rings. The molecule has 3 nitrogen and oxygen atoms in total. The van der Waals surface area contributed by atoms with Crippen molar-refractivity contribution < 1.29 is 14.7 Å². The van der Waals surface area contributed by atoms with Crippen molar-refractivity contribution in [2.75, 3.05) is 0 Å². The van der Waals surface area contributed by atoms with Gasteiger partial charge in [-0.05, 0) is 50.9 Å². The number of allylic oxidation sites excluding steroid dienone is 2. The topological polar surface area (TPSA) is 54.4 Å². The molecular weight excluding hydrogens is 252 g/mol. The van der Waals surface area contributed by atoms with Crippen molar-refractivity contribution in [2.45, 2.75) is 65.2 Å². The van der Waals surface area contributed by atoms with Crippen LogP contribution in [0.2, 0.25) is 0 Å². The van der Waals surface area contributed by atoms with E-state index in [1.807, 2.05) is 0 Å². The zero-order valence-corrected chi connectivity index (χ0v) is 12.7. The highest BCUT2D eigenvalue weighted by molar-refractivity contribution is 6.34. The van der Waals surface area contributed by atoms with Gasteiger partial charge in [0.25, 0.3) is 0 Å². The molecule has 1 saturated carbocycles. The van der Waals surface area contributed by atoms with Crippen LogP contribution in [0.15, 0.2) is 11.6 Å². The van der Waals surface area contributed by atoms with E-state index in [4.69, 9.17) is 0 Å². The number of hydrogen-bond donors (Lipinski definition) is 1. The van der Waals surface area contributed by atoms with Crippen molar-refractivity contribution in [3.8, 4) is 0 Å². The number of aliphatic carboxylic acids is 1. The second-order valence-corrected chi connectivity index (χ2v) is 6.85. The number of ketones is 1. The summed E-state index contributed by atoms with van der Waals surface area (Å²) in [6.07, 6.45) is 9.91. The minimum absolute atomic E-state index is 0.458. The SMILES string of the molecule is CC1=CC(C)C(CC2(C(=O)C(=O)O)CCCCC2)CC1. The summed E-state index contributed by atoms with van der Waals surface area (Å²) in [7, 11) is 0. The summed E-state index contributed by atoms with van der Waals surface area (Å²) in [6, 6.07) is 0. The van der Waals surface area contributed by atoms with Crippen LogP contribution in [0.4, 0.5) is 0 Å². The average molecular weight is 278 g/mol. The Morgan fingerprint density at radius 3 is 2.50 bits per heavy atom. The Morgan fingerprint density at radius 1 is 1.30 bits per heavy atom. The summed E-state index contributed by atoms with van der Waals surface area (Å²) in [6.45, 7) is 4.36. The molecule has 0 aromatic heterocycles. The number of Topliss-reactive ketones (excluding diaryl/α,β-unsaturated/α-hetero) is 1. The summed E-state index contributed by atoms with van der Waals surface area (Å²) >= 11 is 0. The van der Waals surface area contributed by atoms with Gasteiger partial charge in [-0.3, -0.25) is 4.79 Å². The van der Waals surface area contributed by atoms with Crippen LogP contribution < -0.4 is 0 Å². The van der Waals surface area contributed by atoms with Crippen LogP contribution in [0.1, 0.15) is 65.2 Å². The molecule has 0 aliphatic heterocycles. The Labute approximate surface area is 121 Å². The molecule has 3 heteroatoms. The maximum absolute atomic E-state index is 12.2. The highest BCUT2D eigenvalue weighted by Gasteiger charge is 2.44. The van der Waals surface area contributed by atoms with E-state index in [1.54, 1.807) is 0 Å². The minimum atomic E-state index is -1.23. The lowest BCUT2D eigenvalue weighted by molar-refractivity contribution is -0.156. The normalized spacial score (nSPS) is 29.6. The second-order valence-electron chi connectivity index (χ2n) is 6.85. The molecule has 0 bridgehead atoms. The largest absolute Gasteiger partial charge is 0.475 e. The Morgan fingerprint density at radius 2 is 1.95 bits per heavy atom. The predicted octanol–water partition coefficient (Wildman–Crippen LogP) is 3.97. The van der Waals surface area contributed by atoms with Crippen LogP contribution in [0, 0.1) is 17.3 Å². The van der Waals surface area contributed by atoms with E-state index in [9.17, 15) is 14.7 Å². The predicted molar refractivity (Wildman–Crippen MR) is 78.4 cm³/mol. The highest BCUT2D eigenvalue weighted by Crippen LogP contribution is 2.46. The van der Waals surface area contributed by atoms with Crippen molar-refractivity contribution in [2.24, 2.45) is 17.3 Å². The molecule has 1 fully saturated rings. The third kappa shape index (κ3) is 3.13. The van der Waals surface area contributed by atoms with E-state index in [1.165, 1.54) is 5.57 Å². The third-order valence-corrected chi connectivity index (χ3v) is 5.34. The van der Waals surface area contributed by atoms with Gasteiger partial charge in [-0.25, -0.2) is 4.79 Å². The summed E-state index contributed by atoms with van der Waals surface area (Å²) in [5, 5.41) is 9.18. The molecule has 2 aliphatic carbocycles.